The van der Waals surface area contributed by atoms with Crippen LogP contribution in [0.5, 0.6) is 0 Å². The molecular weight excluding hydrogens is 324 g/mol. The molecule has 0 spiro atoms. The van der Waals surface area contributed by atoms with Gasteiger partial charge in [-0.2, -0.15) is 5.10 Å². The highest BCUT2D eigenvalue weighted by Crippen LogP contribution is 2.27. The Balaban J connectivity index is 1.72. The SMILES string of the molecule is CCc1nc(NC2CCC(N)CC2)c2cnn(-c3ccc(C)cc3)c2n1. The first-order chi connectivity index (χ1) is 12.6. The number of aromatic nitrogens is 4. The van der Waals surface area contributed by atoms with Crippen molar-refractivity contribution in [3.05, 3.63) is 41.9 Å². The van der Waals surface area contributed by atoms with Gasteiger partial charge in [0.1, 0.15) is 11.6 Å². The first-order valence-electron chi connectivity index (χ1n) is 9.48. The Morgan fingerprint density at radius 2 is 1.85 bits per heavy atom. The molecule has 136 valence electrons. The second kappa shape index (κ2) is 7.03. The van der Waals surface area contributed by atoms with E-state index in [1.165, 1.54) is 5.56 Å². The van der Waals surface area contributed by atoms with Crippen molar-refractivity contribution >= 4 is 16.9 Å². The molecule has 6 heteroatoms. The Morgan fingerprint density at radius 1 is 1.12 bits per heavy atom. The molecule has 0 atom stereocenters. The maximum Gasteiger partial charge on any atom is 0.168 e. The van der Waals surface area contributed by atoms with Gasteiger partial charge >= 0.3 is 0 Å². The highest BCUT2D eigenvalue weighted by atomic mass is 15.3. The number of nitrogens with two attached hydrogens (primary N) is 1. The van der Waals surface area contributed by atoms with Gasteiger partial charge in [0.15, 0.2) is 5.65 Å². The van der Waals surface area contributed by atoms with Gasteiger partial charge in [-0.05, 0) is 44.7 Å². The van der Waals surface area contributed by atoms with E-state index in [0.717, 1.165) is 60.5 Å². The number of hydrogen-bond donors (Lipinski definition) is 2. The molecule has 1 fully saturated rings. The number of aryl methyl sites for hydroxylation is 2. The summed E-state index contributed by atoms with van der Waals surface area (Å²) < 4.78 is 1.90. The van der Waals surface area contributed by atoms with Crippen LogP contribution in [0.1, 0.15) is 44.0 Å². The summed E-state index contributed by atoms with van der Waals surface area (Å²) in [5, 5.41) is 9.19. The smallest absolute Gasteiger partial charge is 0.168 e. The summed E-state index contributed by atoms with van der Waals surface area (Å²) in [6, 6.07) is 9.09. The monoisotopic (exact) mass is 350 g/mol. The number of rotatable bonds is 4. The molecule has 4 rings (SSSR count). The van der Waals surface area contributed by atoms with E-state index in [9.17, 15) is 0 Å². The third-order valence-corrected chi connectivity index (χ3v) is 5.18. The Hall–Kier alpha value is -2.47. The van der Waals surface area contributed by atoms with Crippen molar-refractivity contribution in [2.75, 3.05) is 5.32 Å². The second-order valence-electron chi connectivity index (χ2n) is 7.23. The van der Waals surface area contributed by atoms with Gasteiger partial charge in [0.25, 0.3) is 0 Å². The average molecular weight is 350 g/mol. The van der Waals surface area contributed by atoms with E-state index in [2.05, 4.69) is 48.5 Å². The summed E-state index contributed by atoms with van der Waals surface area (Å²) in [6.07, 6.45) is 6.95. The zero-order valence-corrected chi connectivity index (χ0v) is 15.4. The normalized spacial score (nSPS) is 20.4. The Bertz CT molecular complexity index is 891. The molecule has 0 aliphatic heterocycles. The fourth-order valence-corrected chi connectivity index (χ4v) is 3.55. The zero-order chi connectivity index (χ0) is 18.1. The Morgan fingerprint density at radius 3 is 2.54 bits per heavy atom. The van der Waals surface area contributed by atoms with Crippen LogP contribution >= 0.6 is 0 Å². The maximum atomic E-state index is 6.04. The molecule has 0 radical (unpaired) electrons. The Kier molecular flexibility index (Phi) is 4.59. The minimum Gasteiger partial charge on any atom is -0.367 e. The van der Waals surface area contributed by atoms with Crippen LogP contribution in [0.25, 0.3) is 16.7 Å². The number of anilines is 1. The van der Waals surface area contributed by atoms with E-state index in [-0.39, 0.29) is 0 Å². The standard InChI is InChI=1S/C20H26N6/c1-3-18-24-19(23-15-8-6-14(21)7-9-15)17-12-22-26(20(17)25-18)16-10-4-13(2)5-11-16/h4-5,10-12,14-15H,3,6-9,21H2,1-2H3,(H,23,24,25). The molecule has 3 N–H and O–H groups in total. The topological polar surface area (TPSA) is 81.6 Å². The lowest BCUT2D eigenvalue weighted by Gasteiger charge is -2.27. The van der Waals surface area contributed by atoms with Crippen molar-refractivity contribution in [2.45, 2.75) is 58.0 Å². The maximum absolute atomic E-state index is 6.04. The highest BCUT2D eigenvalue weighted by Gasteiger charge is 2.21. The molecule has 0 saturated heterocycles. The van der Waals surface area contributed by atoms with E-state index in [1.54, 1.807) is 0 Å². The molecule has 0 bridgehead atoms. The van der Waals surface area contributed by atoms with E-state index < -0.39 is 0 Å². The van der Waals surface area contributed by atoms with Crippen LogP contribution in [-0.4, -0.2) is 31.8 Å². The fourth-order valence-electron chi connectivity index (χ4n) is 3.55. The van der Waals surface area contributed by atoms with Crippen LogP contribution < -0.4 is 11.1 Å². The molecule has 2 heterocycles. The molecule has 26 heavy (non-hydrogen) atoms. The zero-order valence-electron chi connectivity index (χ0n) is 15.4. The number of benzene rings is 1. The predicted octanol–water partition coefficient (Wildman–Crippen LogP) is 3.37. The quantitative estimate of drug-likeness (QED) is 0.754. The molecule has 1 aromatic carbocycles. The highest BCUT2D eigenvalue weighted by molar-refractivity contribution is 5.87. The molecule has 1 aliphatic rings. The molecule has 3 aromatic rings. The lowest BCUT2D eigenvalue weighted by Crippen LogP contribution is -2.33. The van der Waals surface area contributed by atoms with Crippen molar-refractivity contribution < 1.29 is 0 Å². The van der Waals surface area contributed by atoms with Gasteiger partial charge in [0.05, 0.1) is 17.3 Å². The van der Waals surface area contributed by atoms with Crippen LogP contribution in [0.4, 0.5) is 5.82 Å². The summed E-state index contributed by atoms with van der Waals surface area (Å²) in [5.74, 6) is 1.73. The van der Waals surface area contributed by atoms with Crippen LogP contribution in [0.15, 0.2) is 30.5 Å². The van der Waals surface area contributed by atoms with Gasteiger partial charge in [0, 0.05) is 18.5 Å². The third-order valence-electron chi connectivity index (χ3n) is 5.18. The van der Waals surface area contributed by atoms with Gasteiger partial charge in [-0.3, -0.25) is 0 Å². The molecule has 0 unspecified atom stereocenters. The minimum atomic E-state index is 0.342. The van der Waals surface area contributed by atoms with Gasteiger partial charge in [0.2, 0.25) is 0 Å². The molecule has 0 amide bonds. The van der Waals surface area contributed by atoms with Crippen LogP contribution in [-0.2, 0) is 6.42 Å². The number of fused-ring (bicyclic) bond motifs is 1. The molecule has 2 aromatic heterocycles. The van der Waals surface area contributed by atoms with Crippen LogP contribution in [0.2, 0.25) is 0 Å². The van der Waals surface area contributed by atoms with E-state index in [4.69, 9.17) is 15.7 Å². The van der Waals surface area contributed by atoms with Crippen molar-refractivity contribution in [3.8, 4) is 5.69 Å². The largest absolute Gasteiger partial charge is 0.367 e. The van der Waals surface area contributed by atoms with Gasteiger partial charge in [-0.25, -0.2) is 14.6 Å². The minimum absolute atomic E-state index is 0.342. The van der Waals surface area contributed by atoms with Gasteiger partial charge in [-0.1, -0.05) is 24.6 Å². The fraction of sp³-hybridized carbons (Fsp3) is 0.450. The summed E-state index contributed by atoms with van der Waals surface area (Å²) >= 11 is 0. The number of hydrogen-bond acceptors (Lipinski definition) is 5. The molecule has 1 saturated carbocycles. The third kappa shape index (κ3) is 3.29. The summed E-state index contributed by atoms with van der Waals surface area (Å²) in [4.78, 5) is 9.49. The molecule has 1 aliphatic carbocycles. The van der Waals surface area contributed by atoms with E-state index >= 15 is 0 Å². The van der Waals surface area contributed by atoms with Crippen LogP contribution in [0, 0.1) is 6.92 Å². The van der Waals surface area contributed by atoms with Gasteiger partial charge in [-0.15, -0.1) is 0 Å². The lowest BCUT2D eigenvalue weighted by molar-refractivity contribution is 0.410. The van der Waals surface area contributed by atoms with Crippen LogP contribution in [0.3, 0.4) is 0 Å². The molecule has 6 nitrogen and oxygen atoms in total. The van der Waals surface area contributed by atoms with Crippen molar-refractivity contribution in [1.29, 1.82) is 0 Å². The first kappa shape index (κ1) is 17.0. The van der Waals surface area contributed by atoms with E-state index in [1.807, 2.05) is 10.9 Å². The van der Waals surface area contributed by atoms with Gasteiger partial charge < -0.3 is 11.1 Å². The lowest BCUT2D eigenvalue weighted by atomic mass is 9.92. The average Bonchev–Trinajstić information content (AvgIpc) is 3.08. The summed E-state index contributed by atoms with van der Waals surface area (Å²) in [5.41, 5.74) is 9.14. The summed E-state index contributed by atoms with van der Waals surface area (Å²) in [6.45, 7) is 4.16. The second-order valence-corrected chi connectivity index (χ2v) is 7.23. The number of nitrogens with one attached hydrogen (secondary N) is 1. The Labute approximate surface area is 153 Å². The summed E-state index contributed by atoms with van der Waals surface area (Å²) in [7, 11) is 0. The van der Waals surface area contributed by atoms with Crippen molar-refractivity contribution in [1.82, 2.24) is 19.7 Å². The van der Waals surface area contributed by atoms with Crippen molar-refractivity contribution in [3.63, 3.8) is 0 Å². The van der Waals surface area contributed by atoms with Crippen molar-refractivity contribution in [2.24, 2.45) is 5.73 Å². The number of nitrogens with zero attached hydrogens (tertiary/aromatic N) is 4. The molecular formula is C20H26N6. The first-order valence-corrected chi connectivity index (χ1v) is 9.48. The predicted molar refractivity (Wildman–Crippen MR) is 105 cm³/mol. The van der Waals surface area contributed by atoms with E-state index in [0.29, 0.717) is 12.1 Å².